The zero-order valence-corrected chi connectivity index (χ0v) is 5.84. The standard InChI is InChI=1S/HNO5S.Ru/c2-1-6-7(3,4)5;/h(H,3,4,5);. The number of hydrogen-bond acceptors (Lipinski definition) is 5. The Bertz CT molecular complexity index is 146. The van der Waals surface area contributed by atoms with Crippen molar-refractivity contribution >= 4 is 10.4 Å². The SMILES string of the molecule is O=NOS(=O)(=O)O.[Ru]. The van der Waals surface area contributed by atoms with E-state index >= 15 is 0 Å². The molecule has 50 valence electrons. The summed E-state index contributed by atoms with van der Waals surface area (Å²) in [5.74, 6) is 0. The van der Waals surface area contributed by atoms with E-state index in [4.69, 9.17) is 9.46 Å². The number of rotatable bonds is 2. The Morgan fingerprint density at radius 1 is 1.50 bits per heavy atom. The van der Waals surface area contributed by atoms with Gasteiger partial charge in [-0.2, -0.15) is 8.42 Å². The van der Waals surface area contributed by atoms with E-state index in [2.05, 4.69) is 4.28 Å². The second kappa shape index (κ2) is 3.88. The van der Waals surface area contributed by atoms with Crippen LogP contribution in [0.5, 0.6) is 0 Å². The van der Waals surface area contributed by atoms with Crippen molar-refractivity contribution in [3.63, 3.8) is 0 Å². The molecule has 8 heavy (non-hydrogen) atoms. The Balaban J connectivity index is 0. The summed E-state index contributed by atoms with van der Waals surface area (Å²) in [5.41, 5.74) is 0. The molecule has 0 aliphatic carbocycles. The van der Waals surface area contributed by atoms with Gasteiger partial charge in [0.1, 0.15) is 0 Å². The first-order valence-corrected chi connectivity index (χ1v) is 2.41. The van der Waals surface area contributed by atoms with Crippen molar-refractivity contribution in [2.75, 3.05) is 0 Å². The zero-order valence-electron chi connectivity index (χ0n) is 3.29. The third-order valence-electron chi connectivity index (χ3n) is 0.125. The molecule has 0 unspecified atom stereocenters. The first-order valence-electron chi connectivity index (χ1n) is 1.05. The van der Waals surface area contributed by atoms with Crippen molar-refractivity contribution in [2.45, 2.75) is 0 Å². The van der Waals surface area contributed by atoms with Crippen molar-refractivity contribution in [3.8, 4) is 0 Å². The maximum atomic E-state index is 9.27. The van der Waals surface area contributed by atoms with Crippen molar-refractivity contribution in [3.05, 3.63) is 4.91 Å². The van der Waals surface area contributed by atoms with Gasteiger partial charge in [0, 0.05) is 19.5 Å². The summed E-state index contributed by atoms with van der Waals surface area (Å²) in [6.45, 7) is 0. The number of nitrogens with zero attached hydrogens (tertiary/aromatic N) is 1. The van der Waals surface area contributed by atoms with Gasteiger partial charge >= 0.3 is 10.4 Å². The van der Waals surface area contributed by atoms with Crippen LogP contribution >= 0.6 is 0 Å². The van der Waals surface area contributed by atoms with Gasteiger partial charge in [-0.1, -0.05) is 0 Å². The summed E-state index contributed by atoms with van der Waals surface area (Å²) in [4.78, 5) is 8.81. The minimum absolute atomic E-state index is 0. The van der Waals surface area contributed by atoms with Crippen molar-refractivity contribution in [2.24, 2.45) is 5.34 Å². The molecule has 0 aromatic carbocycles. The number of hydrogen-bond donors (Lipinski definition) is 1. The molecule has 8 heteroatoms. The molecule has 1 N–H and O–H groups in total. The van der Waals surface area contributed by atoms with Crippen LogP contribution in [0.2, 0.25) is 0 Å². The van der Waals surface area contributed by atoms with E-state index in [0.29, 0.717) is 0 Å². The van der Waals surface area contributed by atoms with Gasteiger partial charge < -0.3 is 0 Å². The minimum atomic E-state index is -4.65. The van der Waals surface area contributed by atoms with Crippen LogP contribution in [-0.4, -0.2) is 13.0 Å². The van der Waals surface area contributed by atoms with Gasteiger partial charge in [0.15, 0.2) is 5.34 Å². The molecule has 0 saturated carbocycles. The molecule has 0 aliphatic heterocycles. The second-order valence-electron chi connectivity index (χ2n) is 0.577. The van der Waals surface area contributed by atoms with Gasteiger partial charge in [0.2, 0.25) is 0 Å². The molecule has 0 fully saturated rings. The summed E-state index contributed by atoms with van der Waals surface area (Å²) < 4.78 is 28.8. The largest absolute Gasteiger partial charge is 0.468 e. The average Bonchev–Trinajstić information content (AvgIpc) is 1.30. The van der Waals surface area contributed by atoms with E-state index in [1.165, 1.54) is 5.34 Å². The molecule has 0 spiro atoms. The monoisotopic (exact) mass is 229 g/mol. The molecule has 0 atom stereocenters. The molecule has 0 amide bonds. The molecule has 0 aromatic rings. The van der Waals surface area contributed by atoms with E-state index in [-0.39, 0.29) is 19.5 Å². The van der Waals surface area contributed by atoms with Gasteiger partial charge in [-0.05, 0) is 0 Å². The molecule has 0 aromatic heterocycles. The topological polar surface area (TPSA) is 93.0 Å². The quantitative estimate of drug-likeness (QED) is 0.297. The Kier molecular flexibility index (Phi) is 5.25. The normalized spacial score (nSPS) is 9.12. The predicted octanol–water partition coefficient (Wildman–Crippen LogP) is -0.515. The van der Waals surface area contributed by atoms with Crippen molar-refractivity contribution in [1.29, 1.82) is 0 Å². The average molecular weight is 228 g/mol. The first kappa shape index (κ1) is 10.8. The maximum absolute atomic E-state index is 9.27. The Morgan fingerprint density at radius 3 is 1.88 bits per heavy atom. The van der Waals surface area contributed by atoms with E-state index in [1.54, 1.807) is 0 Å². The fraction of sp³-hybridized carbons (Fsp3) is 0. The molecular weight excluding hydrogens is 227 g/mol. The zero-order chi connectivity index (χ0) is 5.91. The van der Waals surface area contributed by atoms with E-state index in [0.717, 1.165) is 0 Å². The molecule has 6 nitrogen and oxygen atoms in total. The van der Waals surface area contributed by atoms with E-state index in [1.807, 2.05) is 0 Å². The fourth-order valence-corrected chi connectivity index (χ4v) is 0.115. The summed E-state index contributed by atoms with van der Waals surface area (Å²) in [6, 6.07) is 0. The third-order valence-corrected chi connectivity index (χ3v) is 0.374. The molecular formula is HNO5RuS. The van der Waals surface area contributed by atoms with Crippen molar-refractivity contribution < 1.29 is 36.7 Å². The molecule has 0 aliphatic rings. The summed E-state index contributed by atoms with van der Waals surface area (Å²) >= 11 is 0. The Labute approximate surface area is 57.9 Å². The van der Waals surface area contributed by atoms with Gasteiger partial charge in [-0.3, -0.25) is 4.55 Å². The minimum Gasteiger partial charge on any atom is -0.253 e. The Morgan fingerprint density at radius 2 is 1.88 bits per heavy atom. The fourth-order valence-electron chi connectivity index (χ4n) is 0.0385. The summed E-state index contributed by atoms with van der Waals surface area (Å²) in [6.07, 6.45) is 0. The van der Waals surface area contributed by atoms with Crippen LogP contribution in [0.25, 0.3) is 0 Å². The molecule has 0 bridgehead atoms. The van der Waals surface area contributed by atoms with Crippen LogP contribution < -0.4 is 0 Å². The van der Waals surface area contributed by atoms with Gasteiger partial charge in [-0.15, -0.1) is 4.91 Å². The maximum Gasteiger partial charge on any atom is 0.468 e. The van der Waals surface area contributed by atoms with Crippen LogP contribution in [0.1, 0.15) is 0 Å². The second-order valence-corrected chi connectivity index (χ2v) is 1.58. The van der Waals surface area contributed by atoms with Crippen LogP contribution in [0.15, 0.2) is 5.34 Å². The summed E-state index contributed by atoms with van der Waals surface area (Å²) in [5, 5.41) is 1.42. The van der Waals surface area contributed by atoms with Crippen molar-refractivity contribution in [1.82, 2.24) is 0 Å². The van der Waals surface area contributed by atoms with E-state index < -0.39 is 10.4 Å². The van der Waals surface area contributed by atoms with E-state index in [9.17, 15) is 8.42 Å². The van der Waals surface area contributed by atoms with Crippen LogP contribution in [-0.2, 0) is 34.2 Å². The molecule has 0 rings (SSSR count). The molecule has 0 radical (unpaired) electrons. The molecule has 0 saturated heterocycles. The van der Waals surface area contributed by atoms with Gasteiger partial charge in [-0.25, -0.2) is 4.28 Å². The molecule has 0 heterocycles. The Hall–Kier alpha value is -0.0666. The summed E-state index contributed by atoms with van der Waals surface area (Å²) in [7, 11) is -4.65. The van der Waals surface area contributed by atoms with Crippen LogP contribution in [0.3, 0.4) is 0 Å². The smallest absolute Gasteiger partial charge is 0.253 e. The predicted molar refractivity (Wildman–Crippen MR) is 18.4 cm³/mol. The van der Waals surface area contributed by atoms with Crippen LogP contribution in [0.4, 0.5) is 0 Å². The first-order chi connectivity index (χ1) is 3.06. The van der Waals surface area contributed by atoms with Crippen LogP contribution in [0, 0.1) is 4.91 Å². The van der Waals surface area contributed by atoms with Gasteiger partial charge in [0.05, 0.1) is 0 Å². The van der Waals surface area contributed by atoms with Gasteiger partial charge in [0.25, 0.3) is 0 Å². The third kappa shape index (κ3) is 9.33.